The van der Waals surface area contributed by atoms with E-state index in [0.29, 0.717) is 5.56 Å². The van der Waals surface area contributed by atoms with Gasteiger partial charge in [-0.3, -0.25) is 4.79 Å². The number of phenols is 1. The van der Waals surface area contributed by atoms with Crippen LogP contribution in [0.2, 0.25) is 10.0 Å². The second-order valence-electron chi connectivity index (χ2n) is 5.82. The highest BCUT2D eigenvalue weighted by atomic mass is 35.5. The Labute approximate surface area is 161 Å². The number of nitrogens with zero attached hydrogens (tertiary/aromatic N) is 2. The first-order valence-corrected chi connectivity index (χ1v) is 10.0. The van der Waals surface area contributed by atoms with Gasteiger partial charge in [-0.1, -0.05) is 23.2 Å². The Morgan fingerprint density at radius 3 is 2.19 bits per heavy atom. The molecular weight excluding hydrogens is 399 g/mol. The molecule has 1 amide bonds. The van der Waals surface area contributed by atoms with E-state index in [1.54, 1.807) is 4.90 Å². The van der Waals surface area contributed by atoms with Gasteiger partial charge in [0, 0.05) is 36.8 Å². The van der Waals surface area contributed by atoms with Gasteiger partial charge in [-0.2, -0.15) is 4.31 Å². The zero-order valence-corrected chi connectivity index (χ0v) is 15.9. The summed E-state index contributed by atoms with van der Waals surface area (Å²) in [6.07, 6.45) is 0. The van der Waals surface area contributed by atoms with Crippen LogP contribution in [-0.4, -0.2) is 54.8 Å². The van der Waals surface area contributed by atoms with E-state index in [0.717, 1.165) is 0 Å². The van der Waals surface area contributed by atoms with Crippen LogP contribution >= 0.6 is 23.2 Å². The highest BCUT2D eigenvalue weighted by Gasteiger charge is 2.31. The van der Waals surface area contributed by atoms with Gasteiger partial charge in [0.25, 0.3) is 5.91 Å². The average Bonchev–Trinajstić information content (AvgIpc) is 2.64. The monoisotopic (exact) mass is 414 g/mol. The first-order chi connectivity index (χ1) is 12.3. The number of rotatable bonds is 3. The molecule has 1 N–H and O–H groups in total. The zero-order valence-electron chi connectivity index (χ0n) is 13.6. The minimum atomic E-state index is -3.79. The van der Waals surface area contributed by atoms with E-state index in [1.807, 2.05) is 0 Å². The average molecular weight is 415 g/mol. The number of amides is 1. The minimum Gasteiger partial charge on any atom is -0.508 e. The van der Waals surface area contributed by atoms with Crippen LogP contribution < -0.4 is 0 Å². The lowest BCUT2D eigenvalue weighted by molar-refractivity contribution is 0.0698. The molecule has 6 nitrogen and oxygen atoms in total. The maximum absolute atomic E-state index is 12.8. The SMILES string of the molecule is O=C(c1ccc(O)cc1)N1CCN(S(=O)(=O)c2cc(Cl)ccc2Cl)CC1. The number of aromatic hydroxyl groups is 1. The lowest BCUT2D eigenvalue weighted by Gasteiger charge is -2.34. The Hall–Kier alpha value is -1.80. The molecule has 0 saturated carbocycles. The molecule has 0 atom stereocenters. The molecule has 1 fully saturated rings. The van der Waals surface area contributed by atoms with Crippen LogP contribution in [0.3, 0.4) is 0 Å². The van der Waals surface area contributed by atoms with Gasteiger partial charge < -0.3 is 10.0 Å². The van der Waals surface area contributed by atoms with E-state index in [4.69, 9.17) is 23.2 Å². The fourth-order valence-electron chi connectivity index (χ4n) is 2.73. The molecule has 0 aromatic heterocycles. The second-order valence-corrected chi connectivity index (χ2v) is 8.57. The van der Waals surface area contributed by atoms with E-state index in [9.17, 15) is 18.3 Å². The molecule has 0 bridgehead atoms. The molecule has 1 saturated heterocycles. The molecule has 0 aliphatic carbocycles. The third-order valence-corrected chi connectivity index (χ3v) is 6.77. The minimum absolute atomic E-state index is 0.0371. The molecule has 0 radical (unpaired) electrons. The Morgan fingerprint density at radius 1 is 0.962 bits per heavy atom. The third-order valence-electron chi connectivity index (χ3n) is 4.15. The maximum Gasteiger partial charge on any atom is 0.253 e. The van der Waals surface area contributed by atoms with Crippen molar-refractivity contribution >= 4 is 39.1 Å². The smallest absolute Gasteiger partial charge is 0.253 e. The lowest BCUT2D eigenvalue weighted by atomic mass is 10.2. The van der Waals surface area contributed by atoms with E-state index in [1.165, 1.54) is 46.8 Å². The maximum atomic E-state index is 12.8. The molecule has 0 spiro atoms. The number of benzene rings is 2. The van der Waals surface area contributed by atoms with Crippen LogP contribution in [0.1, 0.15) is 10.4 Å². The van der Waals surface area contributed by atoms with Crippen molar-refractivity contribution in [3.8, 4) is 5.75 Å². The number of halogens is 2. The highest BCUT2D eigenvalue weighted by Crippen LogP contribution is 2.28. The van der Waals surface area contributed by atoms with Crippen LogP contribution in [0.4, 0.5) is 0 Å². The fraction of sp³-hybridized carbons (Fsp3) is 0.235. The van der Waals surface area contributed by atoms with Gasteiger partial charge in [-0.25, -0.2) is 8.42 Å². The summed E-state index contributed by atoms with van der Waals surface area (Å²) >= 11 is 11.9. The molecule has 2 aromatic rings. The molecule has 0 unspecified atom stereocenters. The molecule has 9 heteroatoms. The molecule has 1 heterocycles. The van der Waals surface area contributed by atoms with Crippen molar-refractivity contribution in [3.05, 3.63) is 58.1 Å². The quantitative estimate of drug-likeness (QED) is 0.837. The summed E-state index contributed by atoms with van der Waals surface area (Å²) in [6, 6.07) is 10.2. The van der Waals surface area contributed by atoms with Crippen LogP contribution in [0.15, 0.2) is 47.4 Å². The van der Waals surface area contributed by atoms with Crippen LogP contribution in [0.5, 0.6) is 5.75 Å². The highest BCUT2D eigenvalue weighted by molar-refractivity contribution is 7.89. The van der Waals surface area contributed by atoms with Gasteiger partial charge in [-0.05, 0) is 42.5 Å². The summed E-state index contributed by atoms with van der Waals surface area (Å²) in [5, 5.41) is 9.70. The molecule has 2 aromatic carbocycles. The van der Waals surface area contributed by atoms with Crippen molar-refractivity contribution in [2.45, 2.75) is 4.90 Å². The largest absolute Gasteiger partial charge is 0.508 e. The number of carbonyl (C=O) groups excluding carboxylic acids is 1. The third kappa shape index (κ3) is 3.81. The van der Waals surface area contributed by atoms with Gasteiger partial charge in [-0.15, -0.1) is 0 Å². The Balaban J connectivity index is 1.72. The Morgan fingerprint density at radius 2 is 1.58 bits per heavy atom. The number of sulfonamides is 1. The Bertz CT molecular complexity index is 924. The standard InChI is InChI=1S/C17H16Cl2N2O4S/c18-13-3-6-15(19)16(11-13)26(24,25)21-9-7-20(8-10-21)17(23)12-1-4-14(22)5-2-12/h1-6,11,22H,7-10H2. The number of piperazine rings is 1. The van der Waals surface area contributed by atoms with E-state index in [-0.39, 0.29) is 52.8 Å². The number of hydrogen-bond donors (Lipinski definition) is 1. The summed E-state index contributed by atoms with van der Waals surface area (Å²) in [5.41, 5.74) is 0.442. The zero-order chi connectivity index (χ0) is 18.9. The number of carbonyl (C=O) groups is 1. The summed E-state index contributed by atoms with van der Waals surface area (Å²) < 4.78 is 26.9. The first-order valence-electron chi connectivity index (χ1n) is 7.82. The van der Waals surface area contributed by atoms with Gasteiger partial charge in [0.05, 0.1) is 5.02 Å². The Kier molecular flexibility index (Phi) is 5.43. The van der Waals surface area contributed by atoms with Crippen LogP contribution in [0.25, 0.3) is 0 Å². The van der Waals surface area contributed by atoms with Crippen molar-refractivity contribution in [3.63, 3.8) is 0 Å². The van der Waals surface area contributed by atoms with Gasteiger partial charge in [0.1, 0.15) is 10.6 Å². The van der Waals surface area contributed by atoms with Crippen molar-refractivity contribution < 1.29 is 18.3 Å². The first kappa shape index (κ1) is 19.0. The molecule has 1 aliphatic rings. The van der Waals surface area contributed by atoms with Crippen molar-refractivity contribution in [1.29, 1.82) is 0 Å². The second kappa shape index (κ2) is 7.44. The molecule has 26 heavy (non-hydrogen) atoms. The number of hydrogen-bond acceptors (Lipinski definition) is 4. The van der Waals surface area contributed by atoms with Gasteiger partial charge in [0.15, 0.2) is 0 Å². The molecule has 138 valence electrons. The van der Waals surface area contributed by atoms with Crippen LogP contribution in [0, 0.1) is 0 Å². The van der Waals surface area contributed by atoms with E-state index in [2.05, 4.69) is 0 Å². The predicted octanol–water partition coefficient (Wildman–Crippen LogP) is 2.85. The summed E-state index contributed by atoms with van der Waals surface area (Å²) in [4.78, 5) is 14.0. The topological polar surface area (TPSA) is 77.9 Å². The van der Waals surface area contributed by atoms with Gasteiger partial charge in [0.2, 0.25) is 10.0 Å². The van der Waals surface area contributed by atoms with Crippen molar-refractivity contribution in [1.82, 2.24) is 9.21 Å². The normalized spacial score (nSPS) is 15.8. The molecule has 1 aliphatic heterocycles. The summed E-state index contributed by atoms with van der Waals surface area (Å²) in [7, 11) is -3.79. The fourth-order valence-corrected chi connectivity index (χ4v) is 4.89. The summed E-state index contributed by atoms with van der Waals surface area (Å²) in [5.74, 6) is -0.126. The summed E-state index contributed by atoms with van der Waals surface area (Å²) in [6.45, 7) is 0.845. The van der Waals surface area contributed by atoms with Crippen molar-refractivity contribution in [2.75, 3.05) is 26.2 Å². The lowest BCUT2D eigenvalue weighted by Crippen LogP contribution is -2.50. The molecular formula is C17H16Cl2N2O4S. The van der Waals surface area contributed by atoms with E-state index >= 15 is 0 Å². The van der Waals surface area contributed by atoms with Crippen LogP contribution in [-0.2, 0) is 10.0 Å². The van der Waals surface area contributed by atoms with Crippen molar-refractivity contribution in [2.24, 2.45) is 0 Å². The molecule has 3 rings (SSSR count). The van der Waals surface area contributed by atoms with Gasteiger partial charge >= 0.3 is 0 Å². The predicted molar refractivity (Wildman–Crippen MR) is 99.2 cm³/mol. The number of phenolic OH excluding ortho intramolecular Hbond substituents is 1. The van der Waals surface area contributed by atoms with E-state index < -0.39 is 10.0 Å².